The zero-order valence-corrected chi connectivity index (χ0v) is 18.0. The Labute approximate surface area is 179 Å². The van der Waals surface area contributed by atoms with Crippen molar-refractivity contribution in [2.75, 3.05) is 6.61 Å². The molecule has 7 heteroatoms. The lowest BCUT2D eigenvalue weighted by atomic mass is 10.2. The second-order valence-electron chi connectivity index (χ2n) is 5.56. The zero-order chi connectivity index (χ0) is 18.4. The van der Waals surface area contributed by atoms with Crippen LogP contribution in [-0.2, 0) is 11.3 Å². The van der Waals surface area contributed by atoms with Crippen LogP contribution in [-0.4, -0.2) is 28.2 Å². The minimum Gasteiger partial charge on any atom is -0.490 e. The minimum absolute atomic E-state index is 0.259. The molecule has 0 fully saturated rings. The molecule has 26 heavy (non-hydrogen) atoms. The predicted octanol–water partition coefficient (Wildman–Crippen LogP) is 4.40. The van der Waals surface area contributed by atoms with Gasteiger partial charge in [0.15, 0.2) is 6.10 Å². The summed E-state index contributed by atoms with van der Waals surface area (Å²) in [6.45, 7) is 0.732. The van der Waals surface area contributed by atoms with Crippen molar-refractivity contribution < 1.29 is 14.3 Å². The fourth-order valence-electron chi connectivity index (χ4n) is 2.28. The molecule has 0 unspecified atom stereocenters. The van der Waals surface area contributed by atoms with Crippen molar-refractivity contribution in [2.45, 2.75) is 12.6 Å². The van der Waals surface area contributed by atoms with Gasteiger partial charge in [0.05, 0.1) is 18.4 Å². The lowest BCUT2D eigenvalue weighted by Gasteiger charge is -2.19. The van der Waals surface area contributed by atoms with E-state index >= 15 is 0 Å². The van der Waals surface area contributed by atoms with Gasteiger partial charge in [-0.2, -0.15) is 0 Å². The second-order valence-corrected chi connectivity index (χ2v) is 8.05. The highest BCUT2D eigenvalue weighted by atomic mass is 127. The maximum atomic E-state index is 12.4. The molecule has 0 saturated carbocycles. The van der Waals surface area contributed by atoms with Gasteiger partial charge in [-0.3, -0.25) is 0 Å². The van der Waals surface area contributed by atoms with Crippen LogP contribution in [0.3, 0.4) is 0 Å². The highest BCUT2D eigenvalue weighted by molar-refractivity contribution is 14.1. The molecule has 0 radical (unpaired) electrons. The average Bonchev–Trinajstić information content (AvgIpc) is 3.14. The maximum absolute atomic E-state index is 12.4. The number of halogens is 2. The molecule has 2 aromatic carbocycles. The summed E-state index contributed by atoms with van der Waals surface area (Å²) in [4.78, 5) is 16.5. The molecule has 0 bridgehead atoms. The van der Waals surface area contributed by atoms with Crippen molar-refractivity contribution in [3.63, 3.8) is 0 Å². The van der Waals surface area contributed by atoms with E-state index in [1.54, 1.807) is 24.7 Å². The fraction of sp³-hybridized carbons (Fsp3) is 0.158. The Hall–Kier alpha value is -1.62. The van der Waals surface area contributed by atoms with Crippen molar-refractivity contribution in [3.05, 3.63) is 80.0 Å². The fourth-order valence-corrected chi connectivity index (χ4v) is 3.00. The Morgan fingerprint density at radius 1 is 1.04 bits per heavy atom. The molecule has 134 valence electrons. The van der Waals surface area contributed by atoms with Crippen molar-refractivity contribution >= 4 is 51.2 Å². The van der Waals surface area contributed by atoms with E-state index in [2.05, 4.69) is 50.2 Å². The van der Waals surface area contributed by atoms with Crippen LogP contribution in [0.1, 0.15) is 10.4 Å². The van der Waals surface area contributed by atoms with E-state index in [4.69, 9.17) is 9.47 Å². The molecule has 0 aliphatic heterocycles. The number of rotatable bonds is 7. The topological polar surface area (TPSA) is 53.4 Å². The molecule has 0 spiro atoms. The van der Waals surface area contributed by atoms with Gasteiger partial charge >= 0.3 is 5.97 Å². The molecule has 0 aliphatic rings. The Balaban J connectivity index is 1.66. The van der Waals surface area contributed by atoms with E-state index in [1.807, 2.05) is 47.2 Å². The zero-order valence-electron chi connectivity index (χ0n) is 13.7. The van der Waals surface area contributed by atoms with Gasteiger partial charge in [-0.1, -0.05) is 0 Å². The molecular weight excluding hydrogens is 558 g/mol. The number of imidazole rings is 1. The Bertz CT molecular complexity index is 834. The summed E-state index contributed by atoms with van der Waals surface area (Å²) >= 11 is 4.44. The summed E-state index contributed by atoms with van der Waals surface area (Å²) < 4.78 is 15.6. The lowest BCUT2D eigenvalue weighted by Crippen LogP contribution is -2.29. The van der Waals surface area contributed by atoms with Crippen LogP contribution < -0.4 is 4.74 Å². The van der Waals surface area contributed by atoms with Gasteiger partial charge in [-0.25, -0.2) is 9.78 Å². The molecule has 5 nitrogen and oxygen atoms in total. The highest BCUT2D eigenvalue weighted by Crippen LogP contribution is 2.15. The third kappa shape index (κ3) is 5.70. The number of nitrogens with zero attached hydrogens (tertiary/aromatic N) is 2. The van der Waals surface area contributed by atoms with Crippen molar-refractivity contribution in [1.82, 2.24) is 9.55 Å². The number of carbonyl (C=O) groups excluding carboxylic acids is 1. The first-order valence-electron chi connectivity index (χ1n) is 7.91. The van der Waals surface area contributed by atoms with Crippen molar-refractivity contribution in [2.24, 2.45) is 0 Å². The number of ether oxygens (including phenoxy) is 2. The first-order chi connectivity index (χ1) is 12.6. The van der Waals surface area contributed by atoms with E-state index < -0.39 is 6.10 Å². The molecular formula is C19H16I2N2O3. The lowest BCUT2D eigenvalue weighted by molar-refractivity contribution is 0.0125. The van der Waals surface area contributed by atoms with Crippen molar-refractivity contribution in [3.8, 4) is 5.75 Å². The van der Waals surface area contributed by atoms with E-state index in [-0.39, 0.29) is 12.6 Å². The molecule has 0 amide bonds. The van der Waals surface area contributed by atoms with Gasteiger partial charge in [0.1, 0.15) is 12.4 Å². The van der Waals surface area contributed by atoms with Crippen LogP contribution in [0.4, 0.5) is 0 Å². The summed E-state index contributed by atoms with van der Waals surface area (Å²) in [6.07, 6.45) is 4.78. The molecule has 3 aromatic rings. The number of carbonyl (C=O) groups is 1. The molecule has 1 aromatic heterocycles. The second kappa shape index (κ2) is 9.36. The number of benzene rings is 2. The SMILES string of the molecule is O=C(O[C@@H](COc1ccc(I)cc1)Cn1ccnc1)c1ccc(I)cc1. The summed E-state index contributed by atoms with van der Waals surface area (Å²) in [5.74, 6) is 0.379. The van der Waals surface area contributed by atoms with Gasteiger partial charge in [0.2, 0.25) is 0 Å². The van der Waals surface area contributed by atoms with Crippen LogP contribution in [0.15, 0.2) is 67.3 Å². The van der Waals surface area contributed by atoms with Gasteiger partial charge < -0.3 is 14.0 Å². The van der Waals surface area contributed by atoms with Gasteiger partial charge in [0, 0.05) is 19.5 Å². The third-order valence-electron chi connectivity index (χ3n) is 3.58. The van der Waals surface area contributed by atoms with Crippen LogP contribution in [0.2, 0.25) is 0 Å². The number of hydrogen-bond acceptors (Lipinski definition) is 4. The molecule has 0 aliphatic carbocycles. The van der Waals surface area contributed by atoms with Gasteiger partial charge in [-0.15, -0.1) is 0 Å². The number of aromatic nitrogens is 2. The minimum atomic E-state index is -0.435. The van der Waals surface area contributed by atoms with E-state index in [1.165, 1.54) is 0 Å². The van der Waals surface area contributed by atoms with Crippen LogP contribution >= 0.6 is 45.2 Å². The molecule has 1 atom stereocenters. The summed E-state index contributed by atoms with van der Waals surface area (Å²) in [5.41, 5.74) is 0.523. The van der Waals surface area contributed by atoms with Gasteiger partial charge in [-0.05, 0) is 93.7 Å². The monoisotopic (exact) mass is 574 g/mol. The first-order valence-corrected chi connectivity index (χ1v) is 10.1. The van der Waals surface area contributed by atoms with E-state index in [9.17, 15) is 4.79 Å². The van der Waals surface area contributed by atoms with Crippen molar-refractivity contribution in [1.29, 1.82) is 0 Å². The first kappa shape index (κ1) is 19.2. The normalized spacial score (nSPS) is 11.8. The standard InChI is InChI=1S/C19H16I2N2O3/c20-15-3-1-14(2-4-15)19(24)26-18(11-23-10-9-22-13-23)12-25-17-7-5-16(21)6-8-17/h1-10,13,18H,11-12H2/t18-/m1/s1. The smallest absolute Gasteiger partial charge is 0.338 e. The quantitative estimate of drug-likeness (QED) is 0.311. The average molecular weight is 574 g/mol. The Kier molecular flexibility index (Phi) is 6.89. The maximum Gasteiger partial charge on any atom is 0.338 e. The molecule has 0 saturated heterocycles. The predicted molar refractivity (Wildman–Crippen MR) is 115 cm³/mol. The van der Waals surface area contributed by atoms with Crippen LogP contribution in [0, 0.1) is 7.14 Å². The third-order valence-corrected chi connectivity index (χ3v) is 5.02. The Morgan fingerprint density at radius 3 is 2.31 bits per heavy atom. The van der Waals surface area contributed by atoms with E-state index in [0.29, 0.717) is 12.1 Å². The number of esters is 1. The summed E-state index contributed by atoms with van der Waals surface area (Å²) in [5, 5.41) is 0. The molecule has 1 heterocycles. The Morgan fingerprint density at radius 2 is 1.69 bits per heavy atom. The van der Waals surface area contributed by atoms with E-state index in [0.717, 1.165) is 12.9 Å². The van der Waals surface area contributed by atoms with Crippen LogP contribution in [0.5, 0.6) is 5.75 Å². The number of hydrogen-bond donors (Lipinski definition) is 0. The molecule has 3 rings (SSSR count). The largest absolute Gasteiger partial charge is 0.490 e. The molecule has 0 N–H and O–H groups in total. The highest BCUT2D eigenvalue weighted by Gasteiger charge is 2.18. The summed E-state index contributed by atoms with van der Waals surface area (Å²) in [7, 11) is 0. The van der Waals surface area contributed by atoms with Crippen LogP contribution in [0.25, 0.3) is 0 Å². The van der Waals surface area contributed by atoms with Gasteiger partial charge in [0.25, 0.3) is 0 Å². The summed E-state index contributed by atoms with van der Waals surface area (Å²) in [6, 6.07) is 15.0.